The molecule has 0 aromatic heterocycles. The van der Waals surface area contributed by atoms with Crippen LogP contribution in [-0.2, 0) is 0 Å². The van der Waals surface area contributed by atoms with Crippen molar-refractivity contribution < 1.29 is 4.79 Å². The van der Waals surface area contributed by atoms with Gasteiger partial charge in [-0.2, -0.15) is 0 Å². The molecule has 0 heterocycles. The van der Waals surface area contributed by atoms with Gasteiger partial charge >= 0.3 is 0 Å². The molecule has 0 atom stereocenters. The second-order valence-corrected chi connectivity index (χ2v) is 3.89. The fourth-order valence-corrected chi connectivity index (χ4v) is 1.47. The predicted octanol–water partition coefficient (Wildman–Crippen LogP) is 4.09. The van der Waals surface area contributed by atoms with Gasteiger partial charge in [-0.15, -0.1) is 0 Å². The molecule has 0 aliphatic rings. The van der Waals surface area contributed by atoms with Crippen LogP contribution in [0.2, 0.25) is 0 Å². The van der Waals surface area contributed by atoms with E-state index < -0.39 is 0 Å². The Kier molecular flexibility index (Phi) is 3.84. The molecule has 0 radical (unpaired) electrons. The Hall–Kier alpha value is -1.37. The summed E-state index contributed by atoms with van der Waals surface area (Å²) < 4.78 is 0. The first kappa shape index (κ1) is 11.7. The quantitative estimate of drug-likeness (QED) is 0.674. The van der Waals surface area contributed by atoms with Crippen LogP contribution in [0, 0.1) is 0 Å². The van der Waals surface area contributed by atoms with E-state index >= 15 is 0 Å². The predicted molar refractivity (Wildman–Crippen MR) is 65.0 cm³/mol. The van der Waals surface area contributed by atoms with Gasteiger partial charge in [0.2, 0.25) is 0 Å². The summed E-state index contributed by atoms with van der Waals surface area (Å²) in [5.41, 5.74) is 4.69. The van der Waals surface area contributed by atoms with E-state index in [0.717, 1.165) is 12.0 Å². The molecule has 0 saturated carbocycles. The maximum absolute atomic E-state index is 11.1. The summed E-state index contributed by atoms with van der Waals surface area (Å²) in [7, 11) is 0. The van der Waals surface area contributed by atoms with Gasteiger partial charge in [-0.25, -0.2) is 0 Å². The Morgan fingerprint density at radius 2 is 1.47 bits per heavy atom. The third-order valence-electron chi connectivity index (χ3n) is 2.89. The van der Waals surface area contributed by atoms with Crippen molar-refractivity contribution in [3.05, 3.63) is 41.0 Å². The number of ketones is 1. The van der Waals surface area contributed by atoms with E-state index in [2.05, 4.69) is 20.8 Å². The van der Waals surface area contributed by atoms with E-state index in [1.54, 1.807) is 6.92 Å². The molecule has 1 rings (SSSR count). The van der Waals surface area contributed by atoms with Crippen molar-refractivity contribution in [3.8, 4) is 0 Å². The van der Waals surface area contributed by atoms with Crippen molar-refractivity contribution in [2.75, 3.05) is 0 Å². The molecular formula is C14H18O. The van der Waals surface area contributed by atoms with Gasteiger partial charge in [-0.1, -0.05) is 36.8 Å². The Morgan fingerprint density at radius 3 is 1.87 bits per heavy atom. The lowest BCUT2D eigenvalue weighted by Gasteiger charge is -2.06. The lowest BCUT2D eigenvalue weighted by molar-refractivity contribution is 0.101. The monoisotopic (exact) mass is 202 g/mol. The minimum absolute atomic E-state index is 0.121. The first-order valence-electron chi connectivity index (χ1n) is 5.34. The SMILES string of the molecule is CC/C(C)=C(/C)c1ccc(C(C)=O)cc1. The molecule has 0 N–H and O–H groups in total. The van der Waals surface area contributed by atoms with Gasteiger partial charge in [-0.05, 0) is 38.3 Å². The van der Waals surface area contributed by atoms with Crippen LogP contribution in [0.4, 0.5) is 0 Å². The van der Waals surface area contributed by atoms with Gasteiger partial charge in [0.1, 0.15) is 0 Å². The molecule has 15 heavy (non-hydrogen) atoms. The minimum atomic E-state index is 0.121. The van der Waals surface area contributed by atoms with Crippen molar-refractivity contribution in [1.82, 2.24) is 0 Å². The number of carbonyl (C=O) groups excluding carboxylic acids is 1. The standard InChI is InChI=1S/C14H18O/c1-5-10(2)11(3)13-6-8-14(9-7-13)12(4)15/h6-9H,5H2,1-4H3/b11-10-. The normalized spacial score (nSPS) is 12.3. The van der Waals surface area contributed by atoms with Crippen LogP contribution in [0.3, 0.4) is 0 Å². The molecule has 1 aromatic carbocycles. The average molecular weight is 202 g/mol. The maximum atomic E-state index is 11.1. The molecular weight excluding hydrogens is 184 g/mol. The highest BCUT2D eigenvalue weighted by atomic mass is 16.1. The summed E-state index contributed by atoms with van der Waals surface area (Å²) >= 11 is 0. The molecule has 0 fully saturated rings. The van der Waals surface area contributed by atoms with E-state index in [1.807, 2.05) is 24.3 Å². The number of rotatable bonds is 3. The van der Waals surface area contributed by atoms with Crippen LogP contribution in [0.1, 0.15) is 50.0 Å². The summed E-state index contributed by atoms with van der Waals surface area (Å²) in [5.74, 6) is 0.121. The summed E-state index contributed by atoms with van der Waals surface area (Å²) in [6, 6.07) is 7.82. The number of carbonyl (C=O) groups is 1. The third-order valence-corrected chi connectivity index (χ3v) is 2.89. The zero-order chi connectivity index (χ0) is 11.4. The molecule has 1 aromatic rings. The number of hydrogen-bond donors (Lipinski definition) is 0. The second-order valence-electron chi connectivity index (χ2n) is 3.89. The van der Waals surface area contributed by atoms with E-state index in [1.165, 1.54) is 16.7 Å². The zero-order valence-electron chi connectivity index (χ0n) is 9.92. The lowest BCUT2D eigenvalue weighted by atomic mass is 9.99. The van der Waals surface area contributed by atoms with Gasteiger partial charge < -0.3 is 0 Å². The highest BCUT2D eigenvalue weighted by Crippen LogP contribution is 2.20. The molecule has 0 amide bonds. The first-order valence-corrected chi connectivity index (χ1v) is 5.34. The van der Waals surface area contributed by atoms with Crippen LogP contribution in [0.5, 0.6) is 0 Å². The molecule has 0 aliphatic carbocycles. The lowest BCUT2D eigenvalue weighted by Crippen LogP contribution is -1.92. The molecule has 0 unspecified atom stereocenters. The number of allylic oxidation sites excluding steroid dienone is 2. The summed E-state index contributed by atoms with van der Waals surface area (Å²) in [5, 5.41) is 0. The van der Waals surface area contributed by atoms with Crippen LogP contribution in [0.25, 0.3) is 5.57 Å². The highest BCUT2D eigenvalue weighted by Gasteiger charge is 2.01. The van der Waals surface area contributed by atoms with E-state index in [0.29, 0.717) is 0 Å². The number of benzene rings is 1. The number of hydrogen-bond acceptors (Lipinski definition) is 1. The van der Waals surface area contributed by atoms with Crippen molar-refractivity contribution in [1.29, 1.82) is 0 Å². The fraction of sp³-hybridized carbons (Fsp3) is 0.357. The third kappa shape index (κ3) is 2.79. The molecule has 0 aliphatic heterocycles. The van der Waals surface area contributed by atoms with Crippen LogP contribution in [-0.4, -0.2) is 5.78 Å². The van der Waals surface area contributed by atoms with E-state index in [4.69, 9.17) is 0 Å². The molecule has 1 nitrogen and oxygen atoms in total. The first-order chi connectivity index (χ1) is 7.06. The second kappa shape index (κ2) is 4.92. The average Bonchev–Trinajstić information content (AvgIpc) is 2.27. The van der Waals surface area contributed by atoms with Crippen molar-refractivity contribution in [2.45, 2.75) is 34.1 Å². The summed E-state index contributed by atoms with van der Waals surface area (Å²) in [6.45, 7) is 8.02. The smallest absolute Gasteiger partial charge is 0.159 e. The Bertz CT molecular complexity index is 382. The van der Waals surface area contributed by atoms with Crippen LogP contribution < -0.4 is 0 Å². The van der Waals surface area contributed by atoms with Gasteiger partial charge in [0.15, 0.2) is 5.78 Å². The topological polar surface area (TPSA) is 17.1 Å². The molecule has 80 valence electrons. The largest absolute Gasteiger partial charge is 0.295 e. The summed E-state index contributed by atoms with van der Waals surface area (Å²) in [6.07, 6.45) is 1.07. The summed E-state index contributed by atoms with van der Waals surface area (Å²) in [4.78, 5) is 11.1. The Labute approximate surface area is 91.8 Å². The minimum Gasteiger partial charge on any atom is -0.295 e. The zero-order valence-corrected chi connectivity index (χ0v) is 9.92. The van der Waals surface area contributed by atoms with Gasteiger partial charge in [0.25, 0.3) is 0 Å². The fourth-order valence-electron chi connectivity index (χ4n) is 1.47. The molecule has 0 bridgehead atoms. The van der Waals surface area contributed by atoms with Crippen molar-refractivity contribution in [2.24, 2.45) is 0 Å². The van der Waals surface area contributed by atoms with Crippen molar-refractivity contribution >= 4 is 11.4 Å². The van der Waals surface area contributed by atoms with Gasteiger partial charge in [-0.3, -0.25) is 4.79 Å². The van der Waals surface area contributed by atoms with E-state index in [-0.39, 0.29) is 5.78 Å². The maximum Gasteiger partial charge on any atom is 0.159 e. The number of Topliss-reactive ketones (excluding diaryl/α,β-unsaturated/α-hetero) is 1. The Balaban J connectivity index is 3.04. The highest BCUT2D eigenvalue weighted by molar-refractivity contribution is 5.94. The van der Waals surface area contributed by atoms with Crippen LogP contribution in [0.15, 0.2) is 29.8 Å². The van der Waals surface area contributed by atoms with E-state index in [9.17, 15) is 4.79 Å². The molecule has 1 heteroatoms. The van der Waals surface area contributed by atoms with Gasteiger partial charge in [0.05, 0.1) is 0 Å². The molecule has 0 spiro atoms. The Morgan fingerprint density at radius 1 is 1.00 bits per heavy atom. The van der Waals surface area contributed by atoms with Crippen LogP contribution >= 0.6 is 0 Å². The molecule has 0 saturated heterocycles. The van der Waals surface area contributed by atoms with Crippen molar-refractivity contribution in [3.63, 3.8) is 0 Å². The van der Waals surface area contributed by atoms with Gasteiger partial charge in [0, 0.05) is 5.56 Å².